The number of nitrogens with one attached hydrogen (secondary N) is 2. The average Bonchev–Trinajstić information content (AvgIpc) is 2.52. The van der Waals surface area contributed by atoms with Crippen LogP contribution in [0.5, 0.6) is 5.75 Å². The molecule has 0 radical (unpaired) electrons. The van der Waals surface area contributed by atoms with Crippen molar-refractivity contribution in [3.63, 3.8) is 0 Å². The molecular formula is C15H15N4O3-. The Morgan fingerprint density at radius 1 is 1.18 bits per heavy atom. The average molecular weight is 299 g/mol. The van der Waals surface area contributed by atoms with E-state index in [1.54, 1.807) is 24.3 Å². The highest BCUT2D eigenvalue weighted by atomic mass is 16.8. The lowest BCUT2D eigenvalue weighted by Crippen LogP contribution is -2.23. The van der Waals surface area contributed by atoms with Crippen LogP contribution in [0.2, 0.25) is 0 Å². The number of H-pyrrole nitrogens is 1. The zero-order chi connectivity index (χ0) is 15.7. The lowest BCUT2D eigenvalue weighted by molar-refractivity contribution is 0.482. The minimum Gasteiger partial charge on any atom is -0.612 e. The van der Waals surface area contributed by atoms with Crippen molar-refractivity contribution in [1.82, 2.24) is 9.89 Å². The van der Waals surface area contributed by atoms with Gasteiger partial charge in [-0.05, 0) is 18.2 Å². The molecule has 0 atom stereocenters. The van der Waals surface area contributed by atoms with E-state index < -0.39 is 4.90 Å². The minimum atomic E-state index is -0.503. The number of aromatic amines is 1. The molecule has 0 fully saturated rings. The molecule has 7 heteroatoms. The zero-order valence-electron chi connectivity index (χ0n) is 11.7. The van der Waals surface area contributed by atoms with Gasteiger partial charge in [-0.2, -0.15) is 4.90 Å². The topological polar surface area (TPSA) is 123 Å². The number of anilines is 1. The number of pyridine rings is 1. The molecule has 5 N–H and O–H groups in total. The van der Waals surface area contributed by atoms with E-state index in [0.717, 1.165) is 0 Å². The molecule has 1 aromatic rings. The number of aromatic nitrogens is 1. The van der Waals surface area contributed by atoms with E-state index in [0.29, 0.717) is 35.4 Å². The summed E-state index contributed by atoms with van der Waals surface area (Å²) < 4.78 is 0. The minimum absolute atomic E-state index is 0.104. The lowest BCUT2D eigenvalue weighted by Gasteiger charge is -2.17. The smallest absolute Gasteiger partial charge is 0.236 e. The molecule has 1 aliphatic carbocycles. The fraction of sp³-hybridized carbons (Fsp3) is 0.133. The van der Waals surface area contributed by atoms with Crippen molar-refractivity contribution in [3.8, 4) is 17.0 Å². The first-order chi connectivity index (χ1) is 10.6. The van der Waals surface area contributed by atoms with Crippen molar-refractivity contribution >= 4 is 16.6 Å². The maximum atomic E-state index is 11.3. The Labute approximate surface area is 125 Å². The van der Waals surface area contributed by atoms with E-state index in [1.165, 1.54) is 6.07 Å². The van der Waals surface area contributed by atoms with Crippen LogP contribution in [0, 0.1) is 10.4 Å². The maximum absolute atomic E-state index is 11.3. The van der Waals surface area contributed by atoms with E-state index >= 15 is 0 Å². The molecule has 2 aliphatic rings. The molecule has 1 aromatic carbocycles. The highest BCUT2D eigenvalue weighted by molar-refractivity contribution is 5.96. The first-order valence-electron chi connectivity index (χ1n) is 6.81. The fourth-order valence-corrected chi connectivity index (χ4v) is 2.54. The standard InChI is InChI=1S/C15H15N4O3/c16-7-8-17-11-5-6-12(19(21)22)13-14(11)18-10-4-2-1-3-9(10)15(13)20/h1-6,17-18H,7-8,16H2,(H-,20,21,22)/q-1. The van der Waals surface area contributed by atoms with Crippen LogP contribution in [-0.4, -0.2) is 23.2 Å². The number of para-hydroxylation sites is 1. The molecule has 0 unspecified atom stereocenters. The van der Waals surface area contributed by atoms with Crippen LogP contribution in [0.1, 0.15) is 0 Å². The molecule has 7 nitrogen and oxygen atoms in total. The third-order valence-corrected chi connectivity index (χ3v) is 3.52. The van der Waals surface area contributed by atoms with E-state index in [9.17, 15) is 15.5 Å². The predicted molar refractivity (Wildman–Crippen MR) is 86.1 cm³/mol. The molecule has 0 saturated heterocycles. The summed E-state index contributed by atoms with van der Waals surface area (Å²) in [7, 11) is 0. The van der Waals surface area contributed by atoms with E-state index in [1.807, 2.05) is 6.07 Å². The van der Waals surface area contributed by atoms with Crippen molar-refractivity contribution < 1.29 is 5.11 Å². The van der Waals surface area contributed by atoms with Crippen molar-refractivity contribution in [2.24, 2.45) is 5.73 Å². The van der Waals surface area contributed by atoms with Crippen LogP contribution in [-0.2, 0) is 0 Å². The second kappa shape index (κ2) is 5.45. The number of hydrogen-bond acceptors (Lipinski definition) is 5. The van der Waals surface area contributed by atoms with Gasteiger partial charge in [0.25, 0.3) is 0 Å². The van der Waals surface area contributed by atoms with Crippen LogP contribution in [0.4, 0.5) is 5.69 Å². The van der Waals surface area contributed by atoms with Crippen LogP contribution >= 0.6 is 0 Å². The quantitative estimate of drug-likeness (QED) is 0.426. The van der Waals surface area contributed by atoms with Crippen LogP contribution in [0.15, 0.2) is 36.4 Å². The highest BCUT2D eigenvalue weighted by Gasteiger charge is 2.20. The molecule has 0 bridgehead atoms. The van der Waals surface area contributed by atoms with Gasteiger partial charge < -0.3 is 31.6 Å². The van der Waals surface area contributed by atoms with Crippen molar-refractivity contribution in [2.75, 3.05) is 18.4 Å². The molecule has 0 saturated carbocycles. The third kappa shape index (κ3) is 2.17. The molecule has 0 aromatic heterocycles. The second-order valence-corrected chi connectivity index (χ2v) is 4.87. The van der Waals surface area contributed by atoms with Crippen LogP contribution < -0.4 is 21.3 Å². The summed E-state index contributed by atoms with van der Waals surface area (Å²) >= 11 is 0. The van der Waals surface area contributed by atoms with Gasteiger partial charge in [0, 0.05) is 30.1 Å². The molecule has 1 heterocycles. The first kappa shape index (κ1) is 14.0. The van der Waals surface area contributed by atoms with Gasteiger partial charge >= 0.3 is 0 Å². The zero-order valence-corrected chi connectivity index (χ0v) is 11.7. The van der Waals surface area contributed by atoms with Crippen LogP contribution in [0.25, 0.3) is 22.2 Å². The number of fused-ring (bicyclic) bond motifs is 2. The first-order valence-corrected chi connectivity index (χ1v) is 6.81. The third-order valence-electron chi connectivity index (χ3n) is 3.52. The van der Waals surface area contributed by atoms with Gasteiger partial charge in [0.2, 0.25) is 5.36 Å². The highest BCUT2D eigenvalue weighted by Crippen LogP contribution is 2.37. The molecule has 0 spiro atoms. The van der Waals surface area contributed by atoms with Gasteiger partial charge in [-0.3, -0.25) is 0 Å². The molecule has 22 heavy (non-hydrogen) atoms. The molecule has 114 valence electrons. The predicted octanol–water partition coefficient (Wildman–Crippen LogP) is 1.12. The SMILES string of the molecule is NCCNc1ccc(=[N+]([O-])[O-])c2c(O)c3ccccc3[nH]c1-2. The Morgan fingerprint density at radius 3 is 2.68 bits per heavy atom. The van der Waals surface area contributed by atoms with E-state index in [4.69, 9.17) is 5.73 Å². The van der Waals surface area contributed by atoms with Gasteiger partial charge in [0.05, 0.1) is 11.4 Å². The Hall–Kier alpha value is -2.93. The molecule has 3 rings (SSSR count). The molecular weight excluding hydrogens is 284 g/mol. The summed E-state index contributed by atoms with van der Waals surface area (Å²) in [6.45, 7) is 0.951. The molecule has 0 amide bonds. The normalized spacial score (nSPS) is 11.0. The Balaban J connectivity index is 2.44. The van der Waals surface area contributed by atoms with Gasteiger partial charge in [-0.1, -0.05) is 12.1 Å². The maximum Gasteiger partial charge on any atom is 0.236 e. The number of nitrogens with two attached hydrogens (primary N) is 1. The van der Waals surface area contributed by atoms with Crippen molar-refractivity contribution in [3.05, 3.63) is 52.2 Å². The van der Waals surface area contributed by atoms with Crippen LogP contribution in [0.3, 0.4) is 0 Å². The summed E-state index contributed by atoms with van der Waals surface area (Å²) in [6.07, 6.45) is 0. The number of nitrogens with zero attached hydrogens (tertiary/aromatic N) is 1. The van der Waals surface area contributed by atoms with Crippen molar-refractivity contribution in [1.29, 1.82) is 0 Å². The van der Waals surface area contributed by atoms with Gasteiger partial charge in [0.1, 0.15) is 11.3 Å². The number of rotatable bonds is 3. The number of aromatic hydroxyl groups is 1. The van der Waals surface area contributed by atoms with E-state index in [2.05, 4.69) is 10.3 Å². The Bertz CT molecular complexity index is 868. The Kier molecular flexibility index (Phi) is 3.48. The second-order valence-electron chi connectivity index (χ2n) is 4.87. The van der Waals surface area contributed by atoms with Gasteiger partial charge in [-0.15, -0.1) is 0 Å². The Morgan fingerprint density at radius 2 is 1.95 bits per heavy atom. The summed E-state index contributed by atoms with van der Waals surface area (Å²) in [5.74, 6) is -0.104. The fourth-order valence-electron chi connectivity index (χ4n) is 2.54. The number of benzene rings is 2. The monoisotopic (exact) mass is 299 g/mol. The van der Waals surface area contributed by atoms with Gasteiger partial charge in [-0.25, -0.2) is 0 Å². The summed E-state index contributed by atoms with van der Waals surface area (Å²) in [5, 5.41) is 36.5. The molecule has 1 aliphatic heterocycles. The van der Waals surface area contributed by atoms with Gasteiger partial charge in [0.15, 0.2) is 0 Å². The van der Waals surface area contributed by atoms with E-state index in [-0.39, 0.29) is 16.7 Å². The van der Waals surface area contributed by atoms with Crippen molar-refractivity contribution in [2.45, 2.75) is 0 Å². The summed E-state index contributed by atoms with van der Waals surface area (Å²) in [6, 6.07) is 10.1. The summed E-state index contributed by atoms with van der Waals surface area (Å²) in [4.78, 5) is 2.65. The largest absolute Gasteiger partial charge is 0.612 e. The number of hydrogen-bond donors (Lipinski definition) is 4. The lowest BCUT2D eigenvalue weighted by atomic mass is 10.0. The summed E-state index contributed by atoms with van der Waals surface area (Å²) in [5.41, 5.74) is 7.52.